The Morgan fingerprint density at radius 1 is 1.37 bits per heavy atom. The highest BCUT2D eigenvalue weighted by molar-refractivity contribution is 5.91. The molecule has 3 atom stereocenters. The first kappa shape index (κ1) is 13.3. The average Bonchev–Trinajstić information content (AvgIpc) is 2.60. The highest BCUT2D eigenvalue weighted by Crippen LogP contribution is 2.60. The van der Waals surface area contributed by atoms with Crippen LogP contribution in [0.25, 0.3) is 0 Å². The third-order valence-electron chi connectivity index (χ3n) is 4.34. The topological polar surface area (TPSA) is 121 Å². The number of hydrogen-bond donors (Lipinski definition) is 2. The van der Waals surface area contributed by atoms with E-state index in [1.807, 2.05) is 25.1 Å². The van der Waals surface area contributed by atoms with Gasteiger partial charge in [0.2, 0.25) is 5.91 Å². The molecule has 1 saturated heterocycles. The van der Waals surface area contributed by atoms with Gasteiger partial charge in [0.25, 0.3) is 0 Å². The van der Waals surface area contributed by atoms with Crippen molar-refractivity contribution >= 4 is 5.91 Å². The van der Waals surface area contributed by atoms with Crippen LogP contribution in [0.4, 0.5) is 0 Å². The maximum absolute atomic E-state index is 12.1. The van der Waals surface area contributed by atoms with Crippen LogP contribution in [0.3, 0.4) is 0 Å². The third-order valence-corrected chi connectivity index (χ3v) is 4.34. The van der Waals surface area contributed by atoms with Crippen LogP contribution in [0, 0.1) is 50.7 Å². The zero-order chi connectivity index (χ0) is 14.3. The summed E-state index contributed by atoms with van der Waals surface area (Å²) < 4.78 is 0. The highest BCUT2D eigenvalue weighted by Gasteiger charge is 2.73. The van der Waals surface area contributed by atoms with Crippen LogP contribution in [0.1, 0.15) is 32.6 Å². The van der Waals surface area contributed by atoms with Gasteiger partial charge in [-0.3, -0.25) is 4.79 Å². The Morgan fingerprint density at radius 3 is 2.47 bits per heavy atom. The maximum Gasteiger partial charge on any atom is 0.245 e. The Labute approximate surface area is 111 Å². The lowest BCUT2D eigenvalue weighted by Gasteiger charge is -2.43. The molecule has 19 heavy (non-hydrogen) atoms. The fourth-order valence-electron chi connectivity index (χ4n) is 3.48. The van der Waals surface area contributed by atoms with E-state index in [0.29, 0.717) is 12.8 Å². The van der Waals surface area contributed by atoms with Crippen molar-refractivity contribution in [1.82, 2.24) is 5.32 Å². The minimum Gasteiger partial charge on any atom is -0.371 e. The minimum atomic E-state index is -1.77. The quantitative estimate of drug-likeness (QED) is 0.749. The van der Waals surface area contributed by atoms with Crippen molar-refractivity contribution in [2.75, 3.05) is 0 Å². The number of nitriles is 3. The van der Waals surface area contributed by atoms with E-state index in [1.54, 1.807) is 0 Å². The van der Waals surface area contributed by atoms with E-state index in [4.69, 9.17) is 0 Å². The van der Waals surface area contributed by atoms with E-state index in [0.717, 1.165) is 0 Å². The molecule has 1 heterocycles. The average molecular weight is 258 g/mol. The van der Waals surface area contributed by atoms with E-state index in [1.165, 1.54) is 0 Å². The molecule has 0 aromatic heterocycles. The van der Waals surface area contributed by atoms with Gasteiger partial charge < -0.3 is 10.4 Å². The fraction of sp³-hybridized carbons (Fsp3) is 0.692. The first-order chi connectivity index (χ1) is 8.93. The summed E-state index contributed by atoms with van der Waals surface area (Å²) >= 11 is 0. The van der Waals surface area contributed by atoms with Crippen molar-refractivity contribution in [1.29, 1.82) is 15.8 Å². The predicted molar refractivity (Wildman–Crippen MR) is 62.4 cm³/mol. The lowest BCUT2D eigenvalue weighted by atomic mass is 9.52. The van der Waals surface area contributed by atoms with Gasteiger partial charge in [0.15, 0.2) is 10.8 Å². The molecule has 0 radical (unpaired) electrons. The van der Waals surface area contributed by atoms with Crippen LogP contribution in [0.2, 0.25) is 0 Å². The van der Waals surface area contributed by atoms with Gasteiger partial charge in [-0.15, -0.1) is 0 Å². The lowest BCUT2D eigenvalue weighted by molar-refractivity contribution is -0.128. The molecule has 2 aliphatic rings. The summed E-state index contributed by atoms with van der Waals surface area (Å²) in [6.07, 6.45) is 1.16. The molecule has 2 bridgehead atoms. The predicted octanol–water partition coefficient (Wildman–Crippen LogP) is 0.558. The van der Waals surface area contributed by atoms with E-state index in [2.05, 4.69) is 5.32 Å². The summed E-state index contributed by atoms with van der Waals surface area (Å²) in [6.45, 7) is 1.90. The molecule has 2 rings (SSSR count). The summed E-state index contributed by atoms with van der Waals surface area (Å²) in [5.41, 5.74) is -4.93. The molecule has 2 fully saturated rings. The Hall–Kier alpha value is -2.10. The van der Waals surface area contributed by atoms with Crippen molar-refractivity contribution in [2.24, 2.45) is 16.7 Å². The van der Waals surface area contributed by atoms with Crippen LogP contribution in [-0.4, -0.2) is 16.7 Å². The molecule has 2 N–H and O–H groups in total. The Balaban J connectivity index is 2.66. The van der Waals surface area contributed by atoms with Gasteiger partial charge >= 0.3 is 0 Å². The SMILES string of the molecule is CCC[C@H]1C[C@@]2(O)C[C@@](C#N)(C(=O)N2)C1(C#N)C#N. The number of carbonyl (C=O) groups excluding carboxylic acids is 1. The number of aliphatic hydroxyl groups is 1. The first-order valence-electron chi connectivity index (χ1n) is 6.22. The van der Waals surface area contributed by atoms with Crippen LogP contribution in [0.15, 0.2) is 0 Å². The first-order valence-corrected chi connectivity index (χ1v) is 6.22. The van der Waals surface area contributed by atoms with Gasteiger partial charge in [-0.1, -0.05) is 13.3 Å². The van der Waals surface area contributed by atoms with Gasteiger partial charge in [-0.25, -0.2) is 0 Å². The standard InChI is InChI=1S/C13H14N4O2/c1-2-3-9-4-13(19)5-11(6-14,10(18)17-13)12(9,7-15)8-16/h9,19H,2-5H2,1H3,(H,17,18)/t9-,11+,13+/m0/s1. The Bertz CT molecular complexity index is 538. The number of amides is 1. The Morgan fingerprint density at radius 2 is 2.00 bits per heavy atom. The van der Waals surface area contributed by atoms with Gasteiger partial charge in [0.1, 0.15) is 5.72 Å². The summed E-state index contributed by atoms with van der Waals surface area (Å²) in [5, 5.41) is 41.1. The zero-order valence-electron chi connectivity index (χ0n) is 10.6. The molecule has 6 heteroatoms. The van der Waals surface area contributed by atoms with Crippen LogP contribution in [0.5, 0.6) is 0 Å². The number of nitrogens with zero attached hydrogens (tertiary/aromatic N) is 3. The molecule has 0 aromatic carbocycles. The number of hydrogen-bond acceptors (Lipinski definition) is 5. The lowest BCUT2D eigenvalue weighted by Crippen LogP contribution is -2.53. The summed E-state index contributed by atoms with van der Waals surface area (Å²) in [5.74, 6) is -1.20. The molecule has 1 amide bonds. The monoisotopic (exact) mass is 258 g/mol. The minimum absolute atomic E-state index is 0.136. The number of fused-ring (bicyclic) bond motifs is 2. The highest BCUT2D eigenvalue weighted by atomic mass is 16.3. The van der Waals surface area contributed by atoms with Crippen molar-refractivity contribution < 1.29 is 9.90 Å². The van der Waals surface area contributed by atoms with Gasteiger partial charge in [-0.2, -0.15) is 15.8 Å². The normalized spacial score (nSPS) is 38.7. The van der Waals surface area contributed by atoms with Crippen molar-refractivity contribution in [3.05, 3.63) is 0 Å². The van der Waals surface area contributed by atoms with Gasteiger partial charge in [0.05, 0.1) is 18.2 Å². The summed E-state index contributed by atoms with van der Waals surface area (Å²) in [7, 11) is 0. The Kier molecular flexibility index (Phi) is 2.77. The van der Waals surface area contributed by atoms with Crippen LogP contribution in [-0.2, 0) is 4.79 Å². The second-order valence-electron chi connectivity index (χ2n) is 5.40. The molecule has 6 nitrogen and oxygen atoms in total. The zero-order valence-corrected chi connectivity index (χ0v) is 10.6. The molecule has 1 aliphatic heterocycles. The maximum atomic E-state index is 12.1. The molecular weight excluding hydrogens is 244 g/mol. The van der Waals surface area contributed by atoms with E-state index in [-0.39, 0.29) is 12.8 Å². The number of nitrogens with one attached hydrogen (secondary N) is 1. The molecular formula is C13H14N4O2. The summed E-state index contributed by atoms with van der Waals surface area (Å²) in [6, 6.07) is 5.67. The largest absolute Gasteiger partial charge is 0.371 e. The molecule has 1 aliphatic carbocycles. The van der Waals surface area contributed by atoms with Gasteiger partial charge in [-0.05, 0) is 12.3 Å². The smallest absolute Gasteiger partial charge is 0.245 e. The third kappa shape index (κ3) is 1.40. The van der Waals surface area contributed by atoms with Crippen molar-refractivity contribution in [3.8, 4) is 18.2 Å². The van der Waals surface area contributed by atoms with Crippen LogP contribution >= 0.6 is 0 Å². The number of rotatable bonds is 2. The second kappa shape index (κ2) is 3.95. The van der Waals surface area contributed by atoms with E-state index < -0.39 is 28.4 Å². The van der Waals surface area contributed by atoms with Gasteiger partial charge in [0, 0.05) is 12.8 Å². The molecule has 1 saturated carbocycles. The second-order valence-corrected chi connectivity index (χ2v) is 5.40. The number of carbonyl (C=O) groups is 1. The molecule has 0 spiro atoms. The fourth-order valence-corrected chi connectivity index (χ4v) is 3.48. The van der Waals surface area contributed by atoms with E-state index in [9.17, 15) is 25.7 Å². The van der Waals surface area contributed by atoms with Crippen molar-refractivity contribution in [2.45, 2.75) is 38.3 Å². The molecule has 0 unspecified atom stereocenters. The van der Waals surface area contributed by atoms with E-state index >= 15 is 0 Å². The molecule has 98 valence electrons. The van der Waals surface area contributed by atoms with Crippen LogP contribution < -0.4 is 5.32 Å². The molecule has 0 aromatic rings. The van der Waals surface area contributed by atoms with Crippen molar-refractivity contribution in [3.63, 3.8) is 0 Å². The summed E-state index contributed by atoms with van der Waals surface area (Å²) in [4.78, 5) is 12.1.